The van der Waals surface area contributed by atoms with Gasteiger partial charge in [-0.25, -0.2) is 4.79 Å². The molecule has 1 aromatic carbocycles. The van der Waals surface area contributed by atoms with Gasteiger partial charge in [0, 0.05) is 0 Å². The third kappa shape index (κ3) is 6.08. The fourth-order valence-corrected chi connectivity index (χ4v) is 1.64. The van der Waals surface area contributed by atoms with Gasteiger partial charge in [0.1, 0.15) is 18.9 Å². The van der Waals surface area contributed by atoms with Crippen LogP contribution in [0, 0.1) is 13.8 Å². The highest BCUT2D eigenvalue weighted by Crippen LogP contribution is 2.15. The molecule has 0 heterocycles. The van der Waals surface area contributed by atoms with Crippen LogP contribution >= 0.6 is 0 Å². The van der Waals surface area contributed by atoms with Crippen molar-refractivity contribution in [2.75, 3.05) is 26.8 Å². The van der Waals surface area contributed by atoms with Crippen LogP contribution in [0.3, 0.4) is 0 Å². The number of aryl methyl sites for hydroxylation is 2. The number of benzene rings is 1. The van der Waals surface area contributed by atoms with Gasteiger partial charge in [-0.15, -0.1) is 0 Å². The zero-order valence-electron chi connectivity index (χ0n) is 12.0. The summed E-state index contributed by atoms with van der Waals surface area (Å²) in [6.45, 7) is 4.55. The van der Waals surface area contributed by atoms with E-state index >= 15 is 0 Å². The highest BCUT2D eigenvalue weighted by atomic mass is 16.5. The van der Waals surface area contributed by atoms with E-state index in [9.17, 15) is 9.59 Å². The Bertz CT molecular complexity index is 454. The van der Waals surface area contributed by atoms with Crippen LogP contribution in [0.15, 0.2) is 18.2 Å². The second kappa shape index (κ2) is 8.04. The number of nitrogens with one attached hydrogen (secondary N) is 2. The lowest BCUT2D eigenvalue weighted by Gasteiger charge is -2.09. The molecule has 110 valence electrons. The summed E-state index contributed by atoms with van der Waals surface area (Å²) < 4.78 is 9.93. The van der Waals surface area contributed by atoms with Crippen molar-refractivity contribution in [1.29, 1.82) is 0 Å². The molecular weight excluding hydrogens is 260 g/mol. The Balaban J connectivity index is 2.21. The molecule has 20 heavy (non-hydrogen) atoms. The van der Waals surface area contributed by atoms with Gasteiger partial charge in [-0.1, -0.05) is 6.07 Å². The molecule has 0 aliphatic rings. The van der Waals surface area contributed by atoms with E-state index in [1.54, 1.807) is 0 Å². The van der Waals surface area contributed by atoms with Gasteiger partial charge >= 0.3 is 12.0 Å². The lowest BCUT2D eigenvalue weighted by Crippen LogP contribution is -2.40. The highest BCUT2D eigenvalue weighted by molar-refractivity contribution is 5.80. The molecule has 0 atom stereocenters. The summed E-state index contributed by atoms with van der Waals surface area (Å²) in [7, 11) is 1.26. The summed E-state index contributed by atoms with van der Waals surface area (Å²) in [6, 6.07) is 5.50. The summed E-state index contributed by atoms with van der Waals surface area (Å²) >= 11 is 0. The fourth-order valence-electron chi connectivity index (χ4n) is 1.64. The van der Waals surface area contributed by atoms with Gasteiger partial charge in [-0.05, 0) is 37.1 Å². The molecule has 0 spiro atoms. The smallest absolute Gasteiger partial charge is 0.325 e. The molecule has 0 aliphatic carbocycles. The Labute approximate surface area is 118 Å². The number of methoxy groups -OCH3 is 1. The summed E-state index contributed by atoms with van der Waals surface area (Å²) in [5.41, 5.74) is 2.26. The SMILES string of the molecule is COC(=O)CNC(=O)NCCOc1cc(C)cc(C)c1. The zero-order valence-corrected chi connectivity index (χ0v) is 12.0. The largest absolute Gasteiger partial charge is 0.492 e. The molecule has 0 aliphatic heterocycles. The number of esters is 1. The lowest BCUT2D eigenvalue weighted by atomic mass is 10.1. The summed E-state index contributed by atoms with van der Waals surface area (Å²) in [4.78, 5) is 22.1. The van der Waals surface area contributed by atoms with Gasteiger partial charge in [0.05, 0.1) is 13.7 Å². The molecule has 0 radical (unpaired) electrons. The maximum atomic E-state index is 11.3. The average molecular weight is 280 g/mol. The molecule has 0 saturated heterocycles. The maximum absolute atomic E-state index is 11.3. The molecule has 0 fully saturated rings. The van der Waals surface area contributed by atoms with Gasteiger partial charge in [0.2, 0.25) is 0 Å². The van der Waals surface area contributed by atoms with Crippen LogP contribution in [0.5, 0.6) is 5.75 Å². The number of urea groups is 1. The Hall–Kier alpha value is -2.24. The number of amides is 2. The Morgan fingerprint density at radius 3 is 2.35 bits per heavy atom. The van der Waals surface area contributed by atoms with E-state index in [2.05, 4.69) is 21.4 Å². The second-order valence-corrected chi connectivity index (χ2v) is 4.36. The first-order valence-electron chi connectivity index (χ1n) is 6.31. The van der Waals surface area contributed by atoms with Crippen molar-refractivity contribution in [3.63, 3.8) is 0 Å². The molecule has 2 N–H and O–H groups in total. The number of carbonyl (C=O) groups excluding carboxylic acids is 2. The predicted molar refractivity (Wildman–Crippen MR) is 74.8 cm³/mol. The first kappa shape index (κ1) is 15.8. The Morgan fingerprint density at radius 1 is 1.10 bits per heavy atom. The van der Waals surface area contributed by atoms with Crippen LogP contribution in [0.1, 0.15) is 11.1 Å². The van der Waals surface area contributed by atoms with E-state index in [4.69, 9.17) is 4.74 Å². The van der Waals surface area contributed by atoms with E-state index < -0.39 is 12.0 Å². The monoisotopic (exact) mass is 280 g/mol. The van der Waals surface area contributed by atoms with E-state index in [-0.39, 0.29) is 6.54 Å². The van der Waals surface area contributed by atoms with Crippen LogP contribution in [-0.4, -0.2) is 38.8 Å². The quantitative estimate of drug-likeness (QED) is 0.605. The van der Waals surface area contributed by atoms with Gasteiger partial charge in [-0.2, -0.15) is 0 Å². The lowest BCUT2D eigenvalue weighted by molar-refractivity contribution is -0.139. The van der Waals surface area contributed by atoms with Crippen molar-refractivity contribution in [3.8, 4) is 5.75 Å². The minimum atomic E-state index is -0.494. The minimum absolute atomic E-state index is 0.153. The molecule has 0 aromatic heterocycles. The summed E-state index contributed by atoms with van der Waals surface area (Å²) in [5, 5.41) is 4.95. The van der Waals surface area contributed by atoms with E-state index in [1.165, 1.54) is 7.11 Å². The number of ether oxygens (including phenoxy) is 2. The first-order chi connectivity index (χ1) is 9.51. The number of hydrogen-bond donors (Lipinski definition) is 2. The maximum Gasteiger partial charge on any atom is 0.325 e. The number of hydrogen-bond acceptors (Lipinski definition) is 4. The topological polar surface area (TPSA) is 76.7 Å². The first-order valence-corrected chi connectivity index (χ1v) is 6.31. The second-order valence-electron chi connectivity index (χ2n) is 4.36. The van der Waals surface area contributed by atoms with Gasteiger partial charge < -0.3 is 20.1 Å². The molecule has 1 rings (SSSR count). The molecule has 0 unspecified atom stereocenters. The number of carbonyl (C=O) groups is 2. The van der Waals surface area contributed by atoms with Gasteiger partial charge in [-0.3, -0.25) is 4.79 Å². The Morgan fingerprint density at radius 2 is 1.75 bits per heavy atom. The molecular formula is C14H20N2O4. The number of rotatable bonds is 6. The summed E-state index contributed by atoms with van der Waals surface area (Å²) in [6.07, 6.45) is 0. The van der Waals surface area contributed by atoms with E-state index in [1.807, 2.05) is 26.0 Å². The molecule has 0 saturated carbocycles. The summed E-state index contributed by atoms with van der Waals surface area (Å²) in [5.74, 6) is 0.283. The zero-order chi connectivity index (χ0) is 15.0. The predicted octanol–water partition coefficient (Wildman–Crippen LogP) is 1.15. The normalized spacial score (nSPS) is 9.75. The van der Waals surface area contributed by atoms with Crippen LogP contribution < -0.4 is 15.4 Å². The third-order valence-electron chi connectivity index (χ3n) is 2.47. The molecule has 6 nitrogen and oxygen atoms in total. The van der Waals surface area contributed by atoms with Gasteiger partial charge in [0.15, 0.2) is 0 Å². The molecule has 0 bridgehead atoms. The fraction of sp³-hybridized carbons (Fsp3) is 0.429. The average Bonchev–Trinajstić information content (AvgIpc) is 2.40. The molecule has 1 aromatic rings. The minimum Gasteiger partial charge on any atom is -0.492 e. The van der Waals surface area contributed by atoms with E-state index in [0.29, 0.717) is 13.2 Å². The Kier molecular flexibility index (Phi) is 6.36. The molecule has 2 amide bonds. The van der Waals surface area contributed by atoms with Crippen molar-refractivity contribution in [2.45, 2.75) is 13.8 Å². The van der Waals surface area contributed by atoms with Crippen molar-refractivity contribution in [1.82, 2.24) is 10.6 Å². The van der Waals surface area contributed by atoms with Gasteiger partial charge in [0.25, 0.3) is 0 Å². The standard InChI is InChI=1S/C14H20N2O4/c1-10-6-11(2)8-12(7-10)20-5-4-15-14(18)16-9-13(17)19-3/h6-8H,4-5,9H2,1-3H3,(H2,15,16,18). The van der Waals surface area contributed by atoms with Crippen molar-refractivity contribution >= 4 is 12.0 Å². The van der Waals surface area contributed by atoms with Crippen molar-refractivity contribution < 1.29 is 19.1 Å². The van der Waals surface area contributed by atoms with E-state index in [0.717, 1.165) is 16.9 Å². The molecule has 6 heteroatoms. The van der Waals surface area contributed by atoms with Crippen molar-refractivity contribution in [2.24, 2.45) is 0 Å². The van der Waals surface area contributed by atoms with Crippen LogP contribution in [0.25, 0.3) is 0 Å². The van der Waals surface area contributed by atoms with Crippen molar-refractivity contribution in [3.05, 3.63) is 29.3 Å². The third-order valence-corrected chi connectivity index (χ3v) is 2.47. The van der Waals surface area contributed by atoms with Crippen LogP contribution in [-0.2, 0) is 9.53 Å². The van der Waals surface area contributed by atoms with Crippen LogP contribution in [0.4, 0.5) is 4.79 Å². The van der Waals surface area contributed by atoms with Crippen LogP contribution in [0.2, 0.25) is 0 Å². The highest BCUT2D eigenvalue weighted by Gasteiger charge is 2.04.